The fourth-order valence-corrected chi connectivity index (χ4v) is 1.34. The zero-order chi connectivity index (χ0) is 12.4. The summed E-state index contributed by atoms with van der Waals surface area (Å²) in [5.41, 5.74) is 10.6. The summed E-state index contributed by atoms with van der Waals surface area (Å²) < 4.78 is 0. The molecule has 1 aromatic carbocycles. The van der Waals surface area contributed by atoms with E-state index in [4.69, 9.17) is 34.7 Å². The zero-order valence-corrected chi connectivity index (χ0v) is 11.1. The molecule has 1 aromatic rings. The first-order valence-corrected chi connectivity index (χ1v) is 6.24. The van der Waals surface area contributed by atoms with Gasteiger partial charge in [-0.15, -0.1) is 0 Å². The van der Waals surface area contributed by atoms with Crippen molar-refractivity contribution in [1.82, 2.24) is 0 Å². The number of rotatable bonds is 4. The molecule has 0 unspecified atom stereocenters. The van der Waals surface area contributed by atoms with Gasteiger partial charge in [-0.3, -0.25) is 0 Å². The lowest BCUT2D eigenvalue weighted by Gasteiger charge is -2.01. The number of unbranched alkanes of at least 4 members (excludes halogenated alkanes) is 2. The average Bonchev–Trinajstić information content (AvgIpc) is 2.23. The molecule has 0 heterocycles. The van der Waals surface area contributed by atoms with Crippen LogP contribution in [0.1, 0.15) is 32.6 Å². The van der Waals surface area contributed by atoms with Crippen molar-refractivity contribution in [3.8, 4) is 0 Å². The molecule has 0 fully saturated rings. The Morgan fingerprint density at radius 3 is 1.88 bits per heavy atom. The van der Waals surface area contributed by atoms with Gasteiger partial charge in [0.15, 0.2) is 0 Å². The molecule has 4 heteroatoms. The van der Waals surface area contributed by atoms with Gasteiger partial charge in [0.05, 0.1) is 16.2 Å². The Bertz CT molecular complexity index is 256. The highest BCUT2D eigenvalue weighted by Crippen LogP contribution is 2.19. The van der Waals surface area contributed by atoms with Crippen LogP contribution in [0, 0.1) is 0 Å². The van der Waals surface area contributed by atoms with Gasteiger partial charge in [0.1, 0.15) is 0 Å². The lowest BCUT2D eigenvalue weighted by molar-refractivity contribution is 0.575. The predicted molar refractivity (Wildman–Crippen MR) is 72.8 cm³/mol. The molecule has 0 radical (unpaired) electrons. The summed E-state index contributed by atoms with van der Waals surface area (Å²) in [7, 11) is 0. The SMILES string of the molecule is CCCCCC(N)N.Clc1ccccc1Cl. The third-order valence-electron chi connectivity index (χ3n) is 1.97. The predicted octanol–water partition coefficient (Wildman–Crippen LogP) is 3.80. The van der Waals surface area contributed by atoms with Gasteiger partial charge in [0, 0.05) is 0 Å². The molecule has 0 saturated carbocycles. The second-order valence-corrected chi connectivity index (χ2v) is 4.39. The molecule has 0 spiro atoms. The highest BCUT2D eigenvalue weighted by Gasteiger charge is 1.91. The van der Waals surface area contributed by atoms with Crippen molar-refractivity contribution in [2.75, 3.05) is 0 Å². The molecular weight excluding hydrogens is 243 g/mol. The fraction of sp³-hybridized carbons (Fsp3) is 0.500. The maximum Gasteiger partial charge on any atom is 0.0592 e. The van der Waals surface area contributed by atoms with Crippen molar-refractivity contribution < 1.29 is 0 Å². The minimum absolute atomic E-state index is 0.0958. The number of benzene rings is 1. The Labute approximate surface area is 108 Å². The highest BCUT2D eigenvalue weighted by atomic mass is 35.5. The number of hydrogen-bond donors (Lipinski definition) is 2. The molecule has 92 valence electrons. The van der Waals surface area contributed by atoms with Gasteiger partial charge in [-0.2, -0.15) is 0 Å². The third-order valence-corrected chi connectivity index (χ3v) is 2.72. The first kappa shape index (κ1) is 15.7. The molecule has 1 rings (SSSR count). The molecule has 4 N–H and O–H groups in total. The summed E-state index contributed by atoms with van der Waals surface area (Å²) in [6.07, 6.45) is 4.54. The topological polar surface area (TPSA) is 52.0 Å². The van der Waals surface area contributed by atoms with E-state index >= 15 is 0 Å². The van der Waals surface area contributed by atoms with Crippen LogP contribution >= 0.6 is 23.2 Å². The van der Waals surface area contributed by atoms with Gasteiger partial charge in [0.25, 0.3) is 0 Å². The molecular formula is C12H20Cl2N2. The number of halogens is 2. The molecule has 0 atom stereocenters. The number of nitrogens with two attached hydrogens (primary N) is 2. The molecule has 2 nitrogen and oxygen atoms in total. The molecule has 0 saturated heterocycles. The minimum Gasteiger partial charge on any atom is -0.316 e. The van der Waals surface area contributed by atoms with E-state index in [-0.39, 0.29) is 6.17 Å². The van der Waals surface area contributed by atoms with Gasteiger partial charge in [-0.1, -0.05) is 61.5 Å². The van der Waals surface area contributed by atoms with Gasteiger partial charge in [0.2, 0.25) is 0 Å². The second-order valence-electron chi connectivity index (χ2n) is 3.57. The third kappa shape index (κ3) is 8.98. The van der Waals surface area contributed by atoms with Crippen LogP contribution in [-0.2, 0) is 0 Å². The largest absolute Gasteiger partial charge is 0.316 e. The van der Waals surface area contributed by atoms with Crippen LogP contribution in [-0.4, -0.2) is 6.17 Å². The molecule has 0 amide bonds. The average molecular weight is 263 g/mol. The smallest absolute Gasteiger partial charge is 0.0592 e. The summed E-state index contributed by atoms with van der Waals surface area (Å²) in [6.45, 7) is 2.17. The Hall–Kier alpha value is -0.280. The van der Waals surface area contributed by atoms with Crippen molar-refractivity contribution >= 4 is 23.2 Å². The Morgan fingerprint density at radius 2 is 1.56 bits per heavy atom. The summed E-state index contributed by atoms with van der Waals surface area (Å²) in [5.74, 6) is 0. The molecule has 0 aliphatic rings. The Balaban J connectivity index is 0.000000281. The lowest BCUT2D eigenvalue weighted by Crippen LogP contribution is -2.29. The van der Waals surface area contributed by atoms with Crippen LogP contribution in [0.3, 0.4) is 0 Å². The van der Waals surface area contributed by atoms with E-state index in [0.29, 0.717) is 10.0 Å². The first-order chi connectivity index (χ1) is 7.57. The summed E-state index contributed by atoms with van der Waals surface area (Å²) in [5, 5.41) is 1.21. The maximum absolute atomic E-state index is 5.58. The van der Waals surface area contributed by atoms with E-state index in [1.54, 1.807) is 12.1 Å². The van der Waals surface area contributed by atoms with Crippen molar-refractivity contribution in [2.45, 2.75) is 38.8 Å². The minimum atomic E-state index is -0.0958. The van der Waals surface area contributed by atoms with E-state index in [9.17, 15) is 0 Å². The Morgan fingerprint density at radius 1 is 1.06 bits per heavy atom. The van der Waals surface area contributed by atoms with Gasteiger partial charge < -0.3 is 11.5 Å². The van der Waals surface area contributed by atoms with Crippen LogP contribution in [0.4, 0.5) is 0 Å². The van der Waals surface area contributed by atoms with E-state index in [1.165, 1.54) is 19.3 Å². The highest BCUT2D eigenvalue weighted by molar-refractivity contribution is 6.41. The second kappa shape index (κ2) is 9.91. The van der Waals surface area contributed by atoms with E-state index < -0.39 is 0 Å². The molecule has 0 aromatic heterocycles. The van der Waals surface area contributed by atoms with E-state index in [1.807, 2.05) is 12.1 Å². The summed E-state index contributed by atoms with van der Waals surface area (Å²) in [6, 6.07) is 7.19. The van der Waals surface area contributed by atoms with Gasteiger partial charge in [-0.05, 0) is 18.6 Å². The number of hydrogen-bond acceptors (Lipinski definition) is 2. The van der Waals surface area contributed by atoms with Gasteiger partial charge >= 0.3 is 0 Å². The van der Waals surface area contributed by atoms with Crippen molar-refractivity contribution in [1.29, 1.82) is 0 Å². The van der Waals surface area contributed by atoms with Crippen LogP contribution in [0.5, 0.6) is 0 Å². The maximum atomic E-state index is 5.58. The zero-order valence-electron chi connectivity index (χ0n) is 9.63. The molecule has 0 aliphatic heterocycles. The first-order valence-electron chi connectivity index (χ1n) is 5.49. The molecule has 0 aliphatic carbocycles. The normalized spacial score (nSPS) is 9.88. The van der Waals surface area contributed by atoms with Crippen molar-refractivity contribution in [3.05, 3.63) is 34.3 Å². The Kier molecular flexibility index (Phi) is 9.74. The van der Waals surface area contributed by atoms with E-state index in [0.717, 1.165) is 6.42 Å². The van der Waals surface area contributed by atoms with Gasteiger partial charge in [-0.25, -0.2) is 0 Å². The quantitative estimate of drug-likeness (QED) is 0.641. The fourth-order valence-electron chi connectivity index (χ4n) is 1.07. The van der Waals surface area contributed by atoms with Crippen LogP contribution in [0.2, 0.25) is 10.0 Å². The summed E-state index contributed by atoms with van der Waals surface area (Å²) in [4.78, 5) is 0. The van der Waals surface area contributed by atoms with Crippen LogP contribution < -0.4 is 11.5 Å². The monoisotopic (exact) mass is 262 g/mol. The molecule has 0 bridgehead atoms. The van der Waals surface area contributed by atoms with Crippen molar-refractivity contribution in [2.24, 2.45) is 11.5 Å². The molecule has 16 heavy (non-hydrogen) atoms. The summed E-state index contributed by atoms with van der Waals surface area (Å²) >= 11 is 11.2. The van der Waals surface area contributed by atoms with Crippen molar-refractivity contribution in [3.63, 3.8) is 0 Å². The van der Waals surface area contributed by atoms with Crippen LogP contribution in [0.15, 0.2) is 24.3 Å². The van der Waals surface area contributed by atoms with E-state index in [2.05, 4.69) is 6.92 Å². The van der Waals surface area contributed by atoms with Crippen LogP contribution in [0.25, 0.3) is 0 Å². The lowest BCUT2D eigenvalue weighted by atomic mass is 10.2. The standard InChI is InChI=1S/C6H4Cl2.C6H16N2/c7-5-3-1-2-4-6(5)8;1-2-3-4-5-6(7)8/h1-4H;6H,2-5,7-8H2,1H3.